The summed E-state index contributed by atoms with van der Waals surface area (Å²) in [5, 5.41) is 13.2. The maximum absolute atomic E-state index is 8.85. The van der Waals surface area contributed by atoms with Crippen LogP contribution in [-0.2, 0) is 7.05 Å². The highest BCUT2D eigenvalue weighted by Crippen LogP contribution is 2.15. The van der Waals surface area contributed by atoms with Gasteiger partial charge in [-0.25, -0.2) is 0 Å². The third kappa shape index (κ3) is 1.42. The quantitative estimate of drug-likeness (QED) is 0.703. The SMILES string of the molecule is Cc1ccc(C)n1-c1cc(C#N)n(C)n1. The summed E-state index contributed by atoms with van der Waals surface area (Å²) < 4.78 is 3.62. The number of aryl methyl sites for hydroxylation is 3. The maximum Gasteiger partial charge on any atom is 0.160 e. The van der Waals surface area contributed by atoms with Crippen LogP contribution >= 0.6 is 0 Å². The lowest BCUT2D eigenvalue weighted by Gasteiger charge is -2.03. The third-order valence-electron chi connectivity index (χ3n) is 2.48. The Hall–Kier alpha value is -2.02. The first-order valence-corrected chi connectivity index (χ1v) is 4.73. The van der Waals surface area contributed by atoms with E-state index in [1.54, 1.807) is 17.8 Å². The van der Waals surface area contributed by atoms with Crippen LogP contribution in [0.2, 0.25) is 0 Å². The lowest BCUT2D eigenvalue weighted by molar-refractivity contribution is 0.736. The summed E-state index contributed by atoms with van der Waals surface area (Å²) in [4.78, 5) is 0. The van der Waals surface area contributed by atoms with Gasteiger partial charge in [-0.15, -0.1) is 0 Å². The fourth-order valence-electron chi connectivity index (χ4n) is 1.70. The van der Waals surface area contributed by atoms with Crippen molar-refractivity contribution < 1.29 is 0 Å². The van der Waals surface area contributed by atoms with Crippen LogP contribution in [0.3, 0.4) is 0 Å². The highest BCUT2D eigenvalue weighted by molar-refractivity contribution is 5.36. The van der Waals surface area contributed by atoms with Crippen molar-refractivity contribution in [3.8, 4) is 11.9 Å². The second-order valence-electron chi connectivity index (χ2n) is 3.57. The van der Waals surface area contributed by atoms with E-state index in [4.69, 9.17) is 5.26 Å². The molecule has 4 heteroatoms. The zero-order chi connectivity index (χ0) is 11.0. The van der Waals surface area contributed by atoms with Crippen molar-refractivity contribution >= 4 is 0 Å². The molecule has 2 rings (SSSR count). The van der Waals surface area contributed by atoms with E-state index in [1.807, 2.05) is 30.5 Å². The molecular formula is C11H12N4. The van der Waals surface area contributed by atoms with Gasteiger partial charge in [-0.1, -0.05) is 0 Å². The van der Waals surface area contributed by atoms with Crippen molar-refractivity contribution in [1.29, 1.82) is 5.26 Å². The fourth-order valence-corrected chi connectivity index (χ4v) is 1.70. The Morgan fingerprint density at radius 1 is 1.27 bits per heavy atom. The van der Waals surface area contributed by atoms with Gasteiger partial charge < -0.3 is 4.57 Å². The molecule has 2 aromatic heterocycles. The monoisotopic (exact) mass is 200 g/mol. The first kappa shape index (κ1) is 9.53. The Labute approximate surface area is 88.4 Å². The summed E-state index contributed by atoms with van der Waals surface area (Å²) in [6, 6.07) is 7.97. The smallest absolute Gasteiger partial charge is 0.160 e. The average molecular weight is 200 g/mol. The molecule has 2 heterocycles. The normalized spacial score (nSPS) is 10.3. The van der Waals surface area contributed by atoms with Gasteiger partial charge in [0.25, 0.3) is 0 Å². The number of rotatable bonds is 1. The molecule has 15 heavy (non-hydrogen) atoms. The molecule has 0 fully saturated rings. The van der Waals surface area contributed by atoms with Crippen LogP contribution in [0.5, 0.6) is 0 Å². The standard InChI is InChI=1S/C11H12N4/c1-8-4-5-9(2)15(8)11-6-10(7-12)14(3)13-11/h4-6H,1-3H3. The second kappa shape index (κ2) is 3.28. The number of aromatic nitrogens is 3. The van der Waals surface area contributed by atoms with Crippen molar-refractivity contribution in [2.24, 2.45) is 7.05 Å². The number of hydrogen-bond acceptors (Lipinski definition) is 2. The minimum Gasteiger partial charge on any atom is -0.302 e. The van der Waals surface area contributed by atoms with Crippen LogP contribution in [0.25, 0.3) is 5.82 Å². The average Bonchev–Trinajstić information content (AvgIpc) is 2.70. The van der Waals surface area contributed by atoms with Crippen LogP contribution in [0.1, 0.15) is 17.1 Å². The molecule has 0 saturated heterocycles. The lowest BCUT2D eigenvalue weighted by Crippen LogP contribution is -2.00. The fraction of sp³-hybridized carbons (Fsp3) is 0.273. The highest BCUT2D eigenvalue weighted by Gasteiger charge is 2.09. The summed E-state index contributed by atoms with van der Waals surface area (Å²) in [7, 11) is 1.77. The van der Waals surface area contributed by atoms with Gasteiger partial charge in [-0.2, -0.15) is 10.4 Å². The maximum atomic E-state index is 8.85. The number of hydrogen-bond donors (Lipinski definition) is 0. The number of nitrogens with zero attached hydrogens (tertiary/aromatic N) is 4. The largest absolute Gasteiger partial charge is 0.302 e. The van der Waals surface area contributed by atoms with E-state index in [0.717, 1.165) is 17.2 Å². The van der Waals surface area contributed by atoms with E-state index in [-0.39, 0.29) is 0 Å². The molecule has 0 N–H and O–H groups in total. The molecule has 0 radical (unpaired) electrons. The predicted molar refractivity (Wildman–Crippen MR) is 56.7 cm³/mol. The molecule has 0 unspecified atom stereocenters. The van der Waals surface area contributed by atoms with E-state index >= 15 is 0 Å². The van der Waals surface area contributed by atoms with Gasteiger partial charge in [0, 0.05) is 24.5 Å². The first-order valence-electron chi connectivity index (χ1n) is 4.73. The van der Waals surface area contributed by atoms with Crippen molar-refractivity contribution in [3.63, 3.8) is 0 Å². The first-order chi connectivity index (χ1) is 7.13. The van der Waals surface area contributed by atoms with E-state index in [9.17, 15) is 0 Å². The van der Waals surface area contributed by atoms with E-state index in [2.05, 4.69) is 11.2 Å². The Balaban J connectivity index is 2.60. The molecule has 0 aliphatic carbocycles. The molecule has 76 valence electrons. The third-order valence-corrected chi connectivity index (χ3v) is 2.48. The van der Waals surface area contributed by atoms with Crippen molar-refractivity contribution in [2.75, 3.05) is 0 Å². The molecule has 0 bridgehead atoms. The zero-order valence-electron chi connectivity index (χ0n) is 9.02. The van der Waals surface area contributed by atoms with Crippen molar-refractivity contribution in [3.05, 3.63) is 35.3 Å². The highest BCUT2D eigenvalue weighted by atomic mass is 15.3. The minimum atomic E-state index is 0.567. The Morgan fingerprint density at radius 3 is 2.33 bits per heavy atom. The van der Waals surface area contributed by atoms with Gasteiger partial charge in [-0.05, 0) is 26.0 Å². The van der Waals surface area contributed by atoms with E-state index < -0.39 is 0 Å². The van der Waals surface area contributed by atoms with Crippen LogP contribution in [-0.4, -0.2) is 14.3 Å². The Bertz CT molecular complexity index is 520. The van der Waals surface area contributed by atoms with Gasteiger partial charge in [0.05, 0.1) is 0 Å². The van der Waals surface area contributed by atoms with Crippen LogP contribution in [0.4, 0.5) is 0 Å². The summed E-state index contributed by atoms with van der Waals surface area (Å²) >= 11 is 0. The molecule has 4 nitrogen and oxygen atoms in total. The number of nitriles is 1. The molecule has 0 aliphatic heterocycles. The van der Waals surface area contributed by atoms with Crippen LogP contribution in [0.15, 0.2) is 18.2 Å². The predicted octanol–water partition coefficient (Wildman–Crippen LogP) is 1.70. The van der Waals surface area contributed by atoms with Crippen molar-refractivity contribution in [1.82, 2.24) is 14.3 Å². The topological polar surface area (TPSA) is 46.5 Å². The van der Waals surface area contributed by atoms with Gasteiger partial charge in [0.1, 0.15) is 11.8 Å². The molecular weight excluding hydrogens is 188 g/mol. The molecule has 0 atom stereocenters. The second-order valence-corrected chi connectivity index (χ2v) is 3.57. The summed E-state index contributed by atoms with van der Waals surface area (Å²) in [6.45, 7) is 4.04. The Kier molecular flexibility index (Phi) is 2.09. The van der Waals surface area contributed by atoms with Gasteiger partial charge >= 0.3 is 0 Å². The lowest BCUT2D eigenvalue weighted by atomic mass is 10.4. The Morgan fingerprint density at radius 2 is 1.87 bits per heavy atom. The van der Waals surface area contributed by atoms with E-state index in [1.165, 1.54) is 0 Å². The molecule has 0 aromatic carbocycles. The van der Waals surface area contributed by atoms with Gasteiger partial charge in [0.2, 0.25) is 0 Å². The zero-order valence-corrected chi connectivity index (χ0v) is 9.02. The molecule has 0 saturated carbocycles. The molecule has 0 spiro atoms. The summed E-state index contributed by atoms with van der Waals surface area (Å²) in [6.07, 6.45) is 0. The van der Waals surface area contributed by atoms with Gasteiger partial charge in [-0.3, -0.25) is 4.68 Å². The van der Waals surface area contributed by atoms with E-state index in [0.29, 0.717) is 5.69 Å². The summed E-state index contributed by atoms with van der Waals surface area (Å²) in [5.41, 5.74) is 2.81. The van der Waals surface area contributed by atoms with Crippen LogP contribution < -0.4 is 0 Å². The van der Waals surface area contributed by atoms with Crippen molar-refractivity contribution in [2.45, 2.75) is 13.8 Å². The van der Waals surface area contributed by atoms with Gasteiger partial charge in [0.15, 0.2) is 5.82 Å². The van der Waals surface area contributed by atoms with Crippen LogP contribution in [0, 0.1) is 25.2 Å². The molecule has 0 aliphatic rings. The molecule has 0 amide bonds. The minimum absolute atomic E-state index is 0.567. The molecule has 2 aromatic rings. The summed E-state index contributed by atoms with van der Waals surface area (Å²) in [5.74, 6) is 0.800.